The number of hydrogen-bond donors (Lipinski definition) is 0. The van der Waals surface area contributed by atoms with E-state index in [0.717, 1.165) is 0 Å². The zero-order valence-corrected chi connectivity index (χ0v) is 6.26. The second-order valence-electron chi connectivity index (χ2n) is 0.495. The minimum atomic E-state index is -6.00. The van der Waals surface area contributed by atoms with E-state index >= 15 is 0 Å². The molecule has 0 amide bonds. The molecule has 0 unspecified atom stereocenters. The molecular weight excluding hydrogens is 191 g/mol. The summed E-state index contributed by atoms with van der Waals surface area (Å²) in [5.41, 5.74) is 0. The first-order chi connectivity index (χ1) is 2.00. The Labute approximate surface area is 78.7 Å². The van der Waals surface area contributed by atoms with Crippen LogP contribution in [0.2, 0.25) is 0 Å². The van der Waals surface area contributed by atoms with E-state index in [1.54, 1.807) is 0 Å². The summed E-state index contributed by atoms with van der Waals surface area (Å²) in [6.45, 7) is 0. The van der Waals surface area contributed by atoms with Crippen molar-refractivity contribution >= 4 is 36.8 Å². The molecule has 0 aliphatic rings. The molecule has 0 saturated carbocycles. The van der Waals surface area contributed by atoms with Gasteiger partial charge in [0.25, 0.3) is 0 Å². The molecule has 8 heteroatoms. The van der Waals surface area contributed by atoms with E-state index in [2.05, 4.69) is 0 Å². The molecule has 0 radical (unpaired) electrons. The minimum Gasteiger partial charge on any atom is 0 e. The number of hydrogen-bond acceptors (Lipinski definition) is 0. The molecule has 0 aromatic rings. The summed E-state index contributed by atoms with van der Waals surface area (Å²) in [6, 6.07) is 0. The molecule has 8 heavy (non-hydrogen) atoms. The van der Waals surface area contributed by atoms with Gasteiger partial charge in [-0.25, -0.2) is 0 Å². The molecule has 2 N–H and O–H groups in total. The van der Waals surface area contributed by atoms with Crippen molar-refractivity contribution in [3.05, 3.63) is 0 Å². The standard InChI is InChI=1S/BF4.Na.H2O.Zn.H/c2-1(3,4)5;;;;/h;;1H2;;/q-1;;;;. The van der Waals surface area contributed by atoms with Gasteiger partial charge < -0.3 is 22.7 Å². The van der Waals surface area contributed by atoms with E-state index in [0.29, 0.717) is 0 Å². The Morgan fingerprint density at radius 2 is 0.875 bits per heavy atom. The van der Waals surface area contributed by atoms with Crippen LogP contribution in [0.15, 0.2) is 0 Å². The van der Waals surface area contributed by atoms with Crippen LogP contribution in [0.5, 0.6) is 0 Å². The number of rotatable bonds is 0. The van der Waals surface area contributed by atoms with Crippen molar-refractivity contribution in [1.29, 1.82) is 0 Å². The fourth-order valence-electron chi connectivity index (χ4n) is 0. The molecule has 0 aromatic heterocycles. The van der Waals surface area contributed by atoms with Crippen LogP contribution in [0, 0.1) is 0 Å². The van der Waals surface area contributed by atoms with Crippen molar-refractivity contribution in [2.24, 2.45) is 0 Å². The second-order valence-corrected chi connectivity index (χ2v) is 0.495. The van der Waals surface area contributed by atoms with Gasteiger partial charge in [0.2, 0.25) is 0 Å². The van der Waals surface area contributed by atoms with Crippen molar-refractivity contribution < 1.29 is 42.2 Å². The van der Waals surface area contributed by atoms with Crippen molar-refractivity contribution in [3.8, 4) is 0 Å². The Morgan fingerprint density at radius 1 is 0.875 bits per heavy atom. The van der Waals surface area contributed by atoms with E-state index in [-0.39, 0.29) is 54.5 Å². The van der Waals surface area contributed by atoms with E-state index in [9.17, 15) is 17.3 Å². The van der Waals surface area contributed by atoms with Crippen LogP contribution in [0.25, 0.3) is 0 Å². The summed E-state index contributed by atoms with van der Waals surface area (Å²) in [5, 5.41) is 0. The summed E-state index contributed by atoms with van der Waals surface area (Å²) in [7, 11) is -6.00. The Morgan fingerprint density at radius 3 is 0.875 bits per heavy atom. The largest absolute Gasteiger partial charge is 0 e. The Bertz CT molecular complexity index is 31.5. The van der Waals surface area contributed by atoms with E-state index in [1.807, 2.05) is 0 Å². The minimum absolute atomic E-state index is 0. The average molecular weight is 194 g/mol. The summed E-state index contributed by atoms with van der Waals surface area (Å²) < 4.78 is 39.0. The Balaban J connectivity index is -0.0000000267. The maximum absolute atomic E-state index is 9.75. The van der Waals surface area contributed by atoms with Gasteiger partial charge in [-0.05, 0) is 0 Å². The van der Waals surface area contributed by atoms with Crippen LogP contribution in [-0.4, -0.2) is 42.3 Å². The topological polar surface area (TPSA) is 31.5 Å². The van der Waals surface area contributed by atoms with Crippen LogP contribution in [-0.2, 0) is 19.5 Å². The first kappa shape index (κ1) is 22.8. The maximum Gasteiger partial charge on any atom is 0 e. The SMILES string of the molecule is F[B-](F)(F)F.O.[NaH].[Zn]. The summed E-state index contributed by atoms with van der Waals surface area (Å²) in [5.74, 6) is 0. The maximum atomic E-state index is 9.75. The van der Waals surface area contributed by atoms with Gasteiger partial charge in [-0.2, -0.15) is 0 Å². The Kier molecular flexibility index (Phi) is 23.8. The molecule has 0 aliphatic heterocycles. The van der Waals surface area contributed by atoms with Crippen LogP contribution < -0.4 is 0 Å². The van der Waals surface area contributed by atoms with Gasteiger partial charge >= 0.3 is 36.8 Å². The zero-order valence-electron chi connectivity index (χ0n) is 3.30. The van der Waals surface area contributed by atoms with E-state index in [4.69, 9.17) is 0 Å². The van der Waals surface area contributed by atoms with Gasteiger partial charge in [0.05, 0.1) is 0 Å². The van der Waals surface area contributed by atoms with Gasteiger partial charge in [-0.3, -0.25) is 0 Å². The van der Waals surface area contributed by atoms with Gasteiger partial charge in [0.15, 0.2) is 0 Å². The fourth-order valence-corrected chi connectivity index (χ4v) is 0. The van der Waals surface area contributed by atoms with Crippen molar-refractivity contribution in [3.63, 3.8) is 0 Å². The van der Waals surface area contributed by atoms with Crippen molar-refractivity contribution in [2.45, 2.75) is 0 Å². The molecule has 0 fully saturated rings. The molecule has 0 aliphatic carbocycles. The molecule has 0 atom stereocenters. The smallest absolute Gasteiger partial charge is 0 e. The molecule has 0 rings (SSSR count). The van der Waals surface area contributed by atoms with Crippen molar-refractivity contribution in [2.75, 3.05) is 0 Å². The summed E-state index contributed by atoms with van der Waals surface area (Å²) in [6.07, 6.45) is 0. The molecule has 44 valence electrons. The van der Waals surface area contributed by atoms with Crippen molar-refractivity contribution in [1.82, 2.24) is 0 Å². The van der Waals surface area contributed by atoms with E-state index < -0.39 is 7.25 Å². The quantitative estimate of drug-likeness (QED) is 0.378. The van der Waals surface area contributed by atoms with Crippen LogP contribution in [0.4, 0.5) is 17.3 Å². The summed E-state index contributed by atoms with van der Waals surface area (Å²) >= 11 is 0. The molecule has 0 saturated heterocycles. The molecule has 0 heterocycles. The Hall–Kier alpha value is 1.37. The van der Waals surface area contributed by atoms with Gasteiger partial charge in [0.1, 0.15) is 0 Å². The zero-order chi connectivity index (χ0) is 4.50. The molecule has 0 spiro atoms. The summed E-state index contributed by atoms with van der Waals surface area (Å²) in [4.78, 5) is 0. The van der Waals surface area contributed by atoms with Gasteiger partial charge in [0, 0.05) is 19.5 Å². The monoisotopic (exact) mass is 193 g/mol. The third-order valence-electron chi connectivity index (χ3n) is 0. The first-order valence-corrected chi connectivity index (χ1v) is 0.873. The first-order valence-electron chi connectivity index (χ1n) is 0.873. The third kappa shape index (κ3) is 160. The molecule has 0 aromatic carbocycles. The van der Waals surface area contributed by atoms with Crippen LogP contribution >= 0.6 is 0 Å². The molecule has 1 nitrogen and oxygen atoms in total. The molecule has 0 bridgehead atoms. The fraction of sp³-hybridized carbons (Fsp3) is 0. The third-order valence-corrected chi connectivity index (χ3v) is 0. The second kappa shape index (κ2) is 8.37. The normalized spacial score (nSPS) is 7.50. The van der Waals surface area contributed by atoms with Gasteiger partial charge in [-0.1, -0.05) is 0 Å². The van der Waals surface area contributed by atoms with Crippen LogP contribution in [0.3, 0.4) is 0 Å². The van der Waals surface area contributed by atoms with Crippen LogP contribution in [0.1, 0.15) is 0 Å². The van der Waals surface area contributed by atoms with Gasteiger partial charge in [-0.15, -0.1) is 0 Å². The predicted molar refractivity (Wildman–Crippen MR) is 20.9 cm³/mol. The number of halogens is 4. The predicted octanol–water partition coefficient (Wildman–Crippen LogP) is -0.176. The average Bonchev–Trinajstić information content (AvgIpc) is 0.722. The van der Waals surface area contributed by atoms with E-state index in [1.165, 1.54) is 0 Å². The molecular formula is H3BF4NaOZn-.